The summed E-state index contributed by atoms with van der Waals surface area (Å²) in [4.78, 5) is 21.5. The van der Waals surface area contributed by atoms with E-state index in [0.717, 1.165) is 0 Å². The molecular formula is C12H13FN5O8P. The van der Waals surface area contributed by atoms with Crippen LogP contribution in [0.25, 0.3) is 11.2 Å². The summed E-state index contributed by atoms with van der Waals surface area (Å²) in [6, 6.07) is 0. The first-order valence-corrected chi connectivity index (χ1v) is 9.02. The van der Waals surface area contributed by atoms with E-state index in [2.05, 4.69) is 19.5 Å². The number of nitrogen functional groups attached to an aromatic ring is 1. The fourth-order valence-electron chi connectivity index (χ4n) is 2.86. The lowest BCUT2D eigenvalue weighted by atomic mass is 10.1. The number of nitrogens with zero attached hydrogens (tertiary/aromatic N) is 4. The molecule has 0 aromatic carbocycles. The van der Waals surface area contributed by atoms with Gasteiger partial charge in [0.25, 0.3) is 0 Å². The SMILES string of the molecule is Nc1nc(F)nc2c1ncn2[C@@H]1O[C@@H]2COP(=O)(OCC(=O)O)OC2[C@H]1O. The molecule has 146 valence electrons. The van der Waals surface area contributed by atoms with Crippen LogP contribution in [0.1, 0.15) is 6.23 Å². The van der Waals surface area contributed by atoms with Gasteiger partial charge in [-0.25, -0.2) is 14.3 Å². The molecule has 2 aliphatic rings. The number of carboxylic acid groups (broad SMARTS) is 1. The highest BCUT2D eigenvalue weighted by molar-refractivity contribution is 7.48. The number of hydrogen-bond donors (Lipinski definition) is 3. The topological polar surface area (TPSA) is 181 Å². The molecule has 2 fully saturated rings. The number of carbonyl (C=O) groups is 1. The number of phosphoric acid groups is 1. The van der Waals surface area contributed by atoms with Crippen molar-refractivity contribution in [1.82, 2.24) is 19.5 Å². The minimum Gasteiger partial charge on any atom is -0.480 e. The molecule has 0 radical (unpaired) electrons. The third-order valence-corrected chi connectivity index (χ3v) is 5.41. The highest BCUT2D eigenvalue weighted by Gasteiger charge is 2.53. The second-order valence-electron chi connectivity index (χ2n) is 5.74. The molecule has 0 aliphatic carbocycles. The summed E-state index contributed by atoms with van der Waals surface area (Å²) in [7, 11) is -4.19. The van der Waals surface area contributed by atoms with Crippen LogP contribution in [0, 0.1) is 6.08 Å². The molecule has 27 heavy (non-hydrogen) atoms. The number of aliphatic hydroxyl groups is 1. The van der Waals surface area contributed by atoms with Crippen LogP contribution in [0.5, 0.6) is 0 Å². The first-order chi connectivity index (χ1) is 12.8. The van der Waals surface area contributed by atoms with Gasteiger partial charge in [0, 0.05) is 0 Å². The smallest absolute Gasteiger partial charge is 0.475 e. The van der Waals surface area contributed by atoms with E-state index in [1.807, 2.05) is 0 Å². The summed E-state index contributed by atoms with van der Waals surface area (Å²) in [5.41, 5.74) is 5.68. The summed E-state index contributed by atoms with van der Waals surface area (Å²) in [5.74, 6) is -1.56. The molecule has 13 nitrogen and oxygen atoms in total. The van der Waals surface area contributed by atoms with Crippen LogP contribution in [0.3, 0.4) is 0 Å². The van der Waals surface area contributed by atoms with Crippen molar-refractivity contribution in [1.29, 1.82) is 0 Å². The van der Waals surface area contributed by atoms with Crippen LogP contribution in [0.2, 0.25) is 0 Å². The van der Waals surface area contributed by atoms with Gasteiger partial charge in [0.05, 0.1) is 12.9 Å². The van der Waals surface area contributed by atoms with Gasteiger partial charge < -0.3 is 20.7 Å². The third kappa shape index (κ3) is 3.16. The van der Waals surface area contributed by atoms with Crippen molar-refractivity contribution in [3.8, 4) is 0 Å². The number of phosphoric ester groups is 1. The number of rotatable bonds is 4. The summed E-state index contributed by atoms with van der Waals surface area (Å²) in [5, 5.41) is 19.2. The number of halogens is 1. The second-order valence-corrected chi connectivity index (χ2v) is 7.36. The predicted molar refractivity (Wildman–Crippen MR) is 81.6 cm³/mol. The maximum Gasteiger partial charge on any atom is 0.475 e. The van der Waals surface area contributed by atoms with Gasteiger partial charge in [0.1, 0.15) is 18.3 Å². The average molecular weight is 405 g/mol. The van der Waals surface area contributed by atoms with Crippen LogP contribution < -0.4 is 5.73 Å². The standard InChI is InChI=1S/C12H13FN5O8P/c13-12-16-9(14)6-10(17-12)18(3-15-6)11-7(21)8-4(25-11)1-23-27(22,26-8)24-2-5(19)20/h3-4,7-8,11,21H,1-2H2,(H,19,20)(H2,14,16,17)/t4-,7-,8?,11-,27?/m1/s1. The first kappa shape index (κ1) is 18.2. The van der Waals surface area contributed by atoms with Crippen LogP contribution in [-0.4, -0.2) is 67.2 Å². The number of nitrogens with two attached hydrogens (primary N) is 1. The zero-order valence-electron chi connectivity index (χ0n) is 13.3. The highest BCUT2D eigenvalue weighted by atomic mass is 31.2. The van der Waals surface area contributed by atoms with E-state index in [-0.39, 0.29) is 23.6 Å². The van der Waals surface area contributed by atoms with E-state index in [9.17, 15) is 18.9 Å². The molecule has 5 atom stereocenters. The lowest BCUT2D eigenvalue weighted by molar-refractivity contribution is -0.141. The minimum atomic E-state index is -4.19. The molecule has 0 saturated carbocycles. The molecule has 4 N–H and O–H groups in total. The molecular weight excluding hydrogens is 392 g/mol. The monoisotopic (exact) mass is 405 g/mol. The Kier molecular flexibility index (Phi) is 4.33. The molecule has 0 amide bonds. The Hall–Kier alpha value is -2.22. The van der Waals surface area contributed by atoms with E-state index < -0.39 is 51.0 Å². The van der Waals surface area contributed by atoms with E-state index in [1.165, 1.54) is 10.9 Å². The van der Waals surface area contributed by atoms with Gasteiger partial charge in [-0.15, -0.1) is 0 Å². The molecule has 4 heterocycles. The molecule has 4 rings (SSSR count). The summed E-state index contributed by atoms with van der Waals surface area (Å²) in [6.45, 7) is -1.19. The molecule has 2 aliphatic heterocycles. The first-order valence-electron chi connectivity index (χ1n) is 7.56. The summed E-state index contributed by atoms with van der Waals surface area (Å²) < 4.78 is 47.4. The molecule has 2 aromatic rings. The van der Waals surface area contributed by atoms with Gasteiger partial charge in [-0.05, 0) is 0 Å². The molecule has 15 heteroatoms. The maximum atomic E-state index is 13.5. The third-order valence-electron chi connectivity index (χ3n) is 4.00. The average Bonchev–Trinajstić information content (AvgIpc) is 3.15. The van der Waals surface area contributed by atoms with Gasteiger partial charge >= 0.3 is 19.9 Å². The van der Waals surface area contributed by atoms with Gasteiger partial charge in [0.15, 0.2) is 29.8 Å². The fourth-order valence-corrected chi connectivity index (χ4v) is 4.21. The van der Waals surface area contributed by atoms with E-state index in [4.69, 9.17) is 24.6 Å². The number of carboxylic acids is 1. The van der Waals surface area contributed by atoms with Crippen molar-refractivity contribution in [2.24, 2.45) is 0 Å². The minimum absolute atomic E-state index is 0.0195. The van der Waals surface area contributed by atoms with Gasteiger partial charge in [-0.1, -0.05) is 0 Å². The Bertz CT molecular complexity index is 955. The molecule has 2 saturated heterocycles. The largest absolute Gasteiger partial charge is 0.480 e. The summed E-state index contributed by atoms with van der Waals surface area (Å²) >= 11 is 0. The van der Waals surface area contributed by atoms with Crippen molar-refractivity contribution in [3.63, 3.8) is 0 Å². The van der Waals surface area contributed by atoms with Crippen LogP contribution in [0.4, 0.5) is 10.2 Å². The number of aliphatic carboxylic acids is 1. The quantitative estimate of drug-likeness (QED) is 0.436. The Balaban J connectivity index is 1.60. The fraction of sp³-hybridized carbons (Fsp3) is 0.500. The second kappa shape index (κ2) is 6.44. The van der Waals surface area contributed by atoms with Gasteiger partial charge in [-0.2, -0.15) is 14.4 Å². The van der Waals surface area contributed by atoms with Crippen molar-refractivity contribution in [2.75, 3.05) is 18.9 Å². The summed E-state index contributed by atoms with van der Waals surface area (Å²) in [6.07, 6.45) is -4.38. The van der Waals surface area contributed by atoms with Crippen LogP contribution in [-0.2, 0) is 27.7 Å². The van der Waals surface area contributed by atoms with Crippen LogP contribution >= 0.6 is 7.82 Å². The lowest BCUT2D eigenvalue weighted by Crippen LogP contribution is -2.39. The predicted octanol–water partition coefficient (Wildman–Crippen LogP) is -0.569. The van der Waals surface area contributed by atoms with Crippen molar-refractivity contribution < 1.29 is 42.3 Å². The van der Waals surface area contributed by atoms with Gasteiger partial charge in [-0.3, -0.25) is 18.1 Å². The molecule has 0 spiro atoms. The number of aromatic nitrogens is 4. The van der Waals surface area contributed by atoms with E-state index >= 15 is 0 Å². The van der Waals surface area contributed by atoms with E-state index in [1.54, 1.807) is 0 Å². The molecule has 2 unspecified atom stereocenters. The zero-order chi connectivity index (χ0) is 19.3. The van der Waals surface area contributed by atoms with E-state index in [0.29, 0.717) is 0 Å². The number of anilines is 1. The Labute approximate surface area is 149 Å². The normalized spacial score (nSPS) is 33.3. The number of fused-ring (bicyclic) bond motifs is 2. The number of imidazole rings is 1. The lowest BCUT2D eigenvalue weighted by Gasteiger charge is -2.30. The van der Waals surface area contributed by atoms with Crippen molar-refractivity contribution in [3.05, 3.63) is 12.4 Å². The number of ether oxygens (including phenoxy) is 1. The number of aliphatic hydroxyl groups excluding tert-OH is 1. The number of hydrogen-bond acceptors (Lipinski definition) is 11. The zero-order valence-corrected chi connectivity index (χ0v) is 14.2. The Morgan fingerprint density at radius 2 is 2.30 bits per heavy atom. The van der Waals surface area contributed by atoms with Crippen molar-refractivity contribution >= 4 is 30.8 Å². The highest BCUT2D eigenvalue weighted by Crippen LogP contribution is 2.56. The molecule has 2 aromatic heterocycles. The van der Waals surface area contributed by atoms with Crippen LogP contribution in [0.15, 0.2) is 6.33 Å². The Morgan fingerprint density at radius 1 is 1.52 bits per heavy atom. The van der Waals surface area contributed by atoms with Crippen molar-refractivity contribution in [2.45, 2.75) is 24.5 Å². The maximum absolute atomic E-state index is 13.5. The Morgan fingerprint density at radius 3 is 3.04 bits per heavy atom. The molecule has 0 bridgehead atoms. The van der Waals surface area contributed by atoms with Gasteiger partial charge in [0.2, 0.25) is 0 Å².